The average Bonchev–Trinajstić information content (AvgIpc) is 2.68. The first-order valence-corrected chi connectivity index (χ1v) is 10.4. The maximum absolute atomic E-state index is 6.80. The number of hydrogen-bond donors (Lipinski definition) is 1. The van der Waals surface area contributed by atoms with E-state index in [9.17, 15) is 0 Å². The lowest BCUT2D eigenvalue weighted by Gasteiger charge is -2.47. The number of nitrogens with zero attached hydrogens (tertiary/aromatic N) is 1. The molecule has 3 heteroatoms. The van der Waals surface area contributed by atoms with Crippen molar-refractivity contribution in [3.8, 4) is 17.0 Å². The number of ether oxygens (including phenoxy) is 1. The molecule has 1 aliphatic carbocycles. The van der Waals surface area contributed by atoms with Crippen molar-refractivity contribution in [1.29, 1.82) is 0 Å². The highest BCUT2D eigenvalue weighted by Gasteiger charge is 2.47. The number of benzene rings is 2. The molecule has 3 nitrogen and oxygen atoms in total. The van der Waals surface area contributed by atoms with Crippen molar-refractivity contribution < 1.29 is 4.74 Å². The van der Waals surface area contributed by atoms with Crippen LogP contribution in [0.1, 0.15) is 52.0 Å². The second-order valence-electron chi connectivity index (χ2n) is 9.50. The Bertz CT molecular complexity index is 1060. The summed E-state index contributed by atoms with van der Waals surface area (Å²) in [5, 5.41) is 1.03. The van der Waals surface area contributed by atoms with E-state index >= 15 is 0 Å². The van der Waals surface area contributed by atoms with E-state index in [4.69, 9.17) is 15.5 Å². The fourth-order valence-electron chi connectivity index (χ4n) is 5.21. The Hall–Kier alpha value is -2.55. The summed E-state index contributed by atoms with van der Waals surface area (Å²) in [6.45, 7) is 7.05. The molecule has 2 aliphatic rings. The number of para-hydroxylation sites is 2. The fraction of sp³-hybridized carbons (Fsp3) is 0.400. The van der Waals surface area contributed by atoms with Crippen LogP contribution in [0.15, 0.2) is 48.5 Å². The first-order chi connectivity index (χ1) is 13.4. The highest BCUT2D eigenvalue weighted by molar-refractivity contribution is 5.97. The van der Waals surface area contributed by atoms with Crippen LogP contribution < -0.4 is 10.5 Å². The number of fused-ring (bicyclic) bond motifs is 5. The molecule has 0 amide bonds. The third-order valence-corrected chi connectivity index (χ3v) is 6.85. The minimum atomic E-state index is -0.369. The standard InChI is InChI=1S/C25H28N2O/c1-24(2,3)16-12-14-25(15-13-16)21-22(26)17-8-4-6-10-19(17)27-23(21)18-9-5-7-11-20(18)28-25/h4-11,16H,12-15H2,1-3H3,(H2,26,27). The number of anilines is 1. The van der Waals surface area contributed by atoms with Crippen LogP contribution in [-0.4, -0.2) is 4.98 Å². The minimum Gasteiger partial charge on any atom is -0.482 e. The molecule has 5 rings (SSSR count). The molecule has 0 unspecified atom stereocenters. The van der Waals surface area contributed by atoms with Gasteiger partial charge in [0.1, 0.15) is 11.4 Å². The van der Waals surface area contributed by atoms with E-state index in [-0.39, 0.29) is 5.60 Å². The van der Waals surface area contributed by atoms with Gasteiger partial charge in [0.05, 0.1) is 16.9 Å². The highest BCUT2D eigenvalue weighted by atomic mass is 16.5. The van der Waals surface area contributed by atoms with E-state index in [1.807, 2.05) is 30.3 Å². The zero-order chi connectivity index (χ0) is 19.5. The molecule has 1 aromatic heterocycles. The van der Waals surface area contributed by atoms with Gasteiger partial charge in [0.2, 0.25) is 0 Å². The lowest BCUT2D eigenvalue weighted by molar-refractivity contribution is -0.00896. The van der Waals surface area contributed by atoms with Gasteiger partial charge in [-0.15, -0.1) is 0 Å². The maximum atomic E-state index is 6.80. The van der Waals surface area contributed by atoms with Crippen LogP contribution in [0, 0.1) is 11.3 Å². The summed E-state index contributed by atoms with van der Waals surface area (Å²) >= 11 is 0. The van der Waals surface area contributed by atoms with Gasteiger partial charge in [-0.3, -0.25) is 0 Å². The Morgan fingerprint density at radius 2 is 1.68 bits per heavy atom. The van der Waals surface area contributed by atoms with Crippen molar-refractivity contribution in [3.63, 3.8) is 0 Å². The zero-order valence-corrected chi connectivity index (χ0v) is 17.0. The molecule has 144 valence electrons. The summed E-state index contributed by atoms with van der Waals surface area (Å²) in [6, 6.07) is 16.5. The largest absolute Gasteiger partial charge is 0.482 e. The SMILES string of the molecule is CC(C)(C)C1CCC2(CC1)Oc1ccccc1-c1nc3ccccc3c(N)c12. The number of pyridine rings is 1. The van der Waals surface area contributed by atoms with Crippen molar-refractivity contribution >= 4 is 16.6 Å². The quantitative estimate of drug-likeness (QED) is 0.503. The predicted octanol–water partition coefficient (Wildman–Crippen LogP) is 6.31. The molecule has 0 atom stereocenters. The first-order valence-electron chi connectivity index (χ1n) is 10.4. The summed E-state index contributed by atoms with van der Waals surface area (Å²) in [5.74, 6) is 1.64. The van der Waals surface area contributed by atoms with Crippen molar-refractivity contribution in [2.24, 2.45) is 11.3 Å². The van der Waals surface area contributed by atoms with Crippen LogP contribution in [0.25, 0.3) is 22.2 Å². The summed E-state index contributed by atoms with van der Waals surface area (Å²) < 4.78 is 6.76. The van der Waals surface area contributed by atoms with Crippen molar-refractivity contribution in [3.05, 3.63) is 54.1 Å². The molecule has 2 heterocycles. The Morgan fingerprint density at radius 3 is 2.43 bits per heavy atom. The van der Waals surface area contributed by atoms with Crippen LogP contribution in [0.5, 0.6) is 5.75 Å². The molecule has 2 N–H and O–H groups in total. The molecule has 1 spiro atoms. The van der Waals surface area contributed by atoms with E-state index in [1.165, 1.54) is 0 Å². The Morgan fingerprint density at radius 1 is 1.00 bits per heavy atom. The molecule has 3 aromatic rings. The molecule has 1 fully saturated rings. The van der Waals surface area contributed by atoms with Gasteiger partial charge in [0.15, 0.2) is 0 Å². The Labute approximate surface area is 166 Å². The lowest BCUT2D eigenvalue weighted by atomic mass is 9.65. The summed E-state index contributed by atoms with van der Waals surface area (Å²) in [4.78, 5) is 5.08. The minimum absolute atomic E-state index is 0.324. The van der Waals surface area contributed by atoms with E-state index in [1.54, 1.807) is 0 Å². The van der Waals surface area contributed by atoms with Crippen molar-refractivity contribution in [2.45, 2.75) is 52.1 Å². The molecule has 1 aliphatic heterocycles. The van der Waals surface area contributed by atoms with Gasteiger partial charge in [0.25, 0.3) is 0 Å². The third-order valence-electron chi connectivity index (χ3n) is 6.85. The van der Waals surface area contributed by atoms with Crippen LogP contribution in [0.2, 0.25) is 0 Å². The van der Waals surface area contributed by atoms with E-state index in [0.29, 0.717) is 11.3 Å². The van der Waals surface area contributed by atoms with Gasteiger partial charge >= 0.3 is 0 Å². The van der Waals surface area contributed by atoms with Gasteiger partial charge in [-0.2, -0.15) is 0 Å². The monoisotopic (exact) mass is 372 g/mol. The van der Waals surface area contributed by atoms with Crippen LogP contribution in [0.4, 0.5) is 5.69 Å². The number of aromatic nitrogens is 1. The number of hydrogen-bond acceptors (Lipinski definition) is 3. The van der Waals surface area contributed by atoms with Crippen LogP contribution in [-0.2, 0) is 5.60 Å². The fourth-order valence-corrected chi connectivity index (χ4v) is 5.21. The van der Waals surface area contributed by atoms with Crippen LogP contribution >= 0.6 is 0 Å². The van der Waals surface area contributed by atoms with E-state index < -0.39 is 0 Å². The molecule has 2 aromatic carbocycles. The second-order valence-corrected chi connectivity index (χ2v) is 9.50. The highest BCUT2D eigenvalue weighted by Crippen LogP contribution is 2.55. The molecule has 28 heavy (non-hydrogen) atoms. The molecule has 0 saturated heterocycles. The Balaban J connectivity index is 1.72. The number of nitrogens with two attached hydrogens (primary N) is 1. The second kappa shape index (κ2) is 5.97. The maximum Gasteiger partial charge on any atom is 0.138 e. The normalized spacial score (nSPS) is 23.9. The topological polar surface area (TPSA) is 48.1 Å². The zero-order valence-electron chi connectivity index (χ0n) is 17.0. The molecular weight excluding hydrogens is 344 g/mol. The van der Waals surface area contributed by atoms with Gasteiger partial charge in [-0.1, -0.05) is 51.1 Å². The number of nitrogen functional groups attached to an aromatic ring is 1. The number of rotatable bonds is 0. The van der Waals surface area contributed by atoms with Crippen molar-refractivity contribution in [1.82, 2.24) is 4.98 Å². The summed E-state index contributed by atoms with van der Waals surface area (Å²) in [5.41, 5.74) is 11.7. The van der Waals surface area contributed by atoms with E-state index in [2.05, 4.69) is 39.0 Å². The lowest BCUT2D eigenvalue weighted by Crippen LogP contribution is -2.42. The average molecular weight is 373 g/mol. The third kappa shape index (κ3) is 2.52. The summed E-state index contributed by atoms with van der Waals surface area (Å²) in [7, 11) is 0. The smallest absolute Gasteiger partial charge is 0.138 e. The molecule has 0 bridgehead atoms. The Kier molecular flexibility index (Phi) is 3.74. The summed E-state index contributed by atoms with van der Waals surface area (Å²) in [6.07, 6.45) is 4.27. The predicted molar refractivity (Wildman–Crippen MR) is 115 cm³/mol. The van der Waals surface area contributed by atoms with Gasteiger partial charge in [0, 0.05) is 16.5 Å². The molecule has 0 radical (unpaired) electrons. The first kappa shape index (κ1) is 17.5. The van der Waals surface area contributed by atoms with E-state index in [0.717, 1.165) is 64.8 Å². The van der Waals surface area contributed by atoms with Gasteiger partial charge in [-0.25, -0.2) is 4.98 Å². The van der Waals surface area contributed by atoms with Gasteiger partial charge < -0.3 is 10.5 Å². The molecular formula is C25H28N2O. The van der Waals surface area contributed by atoms with Crippen LogP contribution in [0.3, 0.4) is 0 Å². The van der Waals surface area contributed by atoms with Crippen molar-refractivity contribution in [2.75, 3.05) is 5.73 Å². The molecule has 1 saturated carbocycles. The van der Waals surface area contributed by atoms with Gasteiger partial charge in [-0.05, 0) is 55.2 Å².